The van der Waals surface area contributed by atoms with E-state index in [-0.39, 0.29) is 0 Å². The van der Waals surface area contributed by atoms with E-state index in [1.807, 2.05) is 0 Å². The molecule has 2 nitrogen and oxygen atoms in total. The molecule has 0 amide bonds. The molecule has 17 heavy (non-hydrogen) atoms. The van der Waals surface area contributed by atoms with Crippen molar-refractivity contribution in [3.8, 4) is 0 Å². The summed E-state index contributed by atoms with van der Waals surface area (Å²) in [6.07, 6.45) is 3.82. The first-order valence-electron chi connectivity index (χ1n) is 6.25. The molecule has 0 spiro atoms. The topological polar surface area (TPSA) is 38.0 Å². The summed E-state index contributed by atoms with van der Waals surface area (Å²) in [5, 5.41) is 3.63. The Balaban J connectivity index is 2.06. The lowest BCUT2D eigenvalue weighted by atomic mass is 9.92. The first-order chi connectivity index (χ1) is 7.98. The van der Waals surface area contributed by atoms with Crippen molar-refractivity contribution in [1.29, 1.82) is 0 Å². The molecule has 0 saturated heterocycles. The number of hydrogen-bond acceptors (Lipinski definition) is 2. The van der Waals surface area contributed by atoms with E-state index in [1.54, 1.807) is 0 Å². The summed E-state index contributed by atoms with van der Waals surface area (Å²) in [5.41, 5.74) is 8.53. The molecule has 94 valence electrons. The van der Waals surface area contributed by atoms with E-state index in [1.165, 1.54) is 30.5 Å². The van der Waals surface area contributed by atoms with E-state index in [9.17, 15) is 0 Å². The van der Waals surface area contributed by atoms with Crippen LogP contribution in [0.3, 0.4) is 0 Å². The second-order valence-electron chi connectivity index (χ2n) is 5.80. The van der Waals surface area contributed by atoms with E-state index in [0.717, 1.165) is 4.47 Å². The van der Waals surface area contributed by atoms with Gasteiger partial charge in [0.1, 0.15) is 0 Å². The predicted molar refractivity (Wildman–Crippen MR) is 77.1 cm³/mol. The lowest BCUT2D eigenvalue weighted by molar-refractivity contribution is 0.378. The largest absolute Gasteiger partial charge is 0.382 e. The standard InChI is InChI=1S/C14H21BrN2/c1-14(2)4-3-12(8-14)17-13-6-10(9-16)5-11(15)7-13/h5-7,12,17H,3-4,8-9,16H2,1-2H3. The molecule has 1 unspecified atom stereocenters. The Morgan fingerprint density at radius 3 is 2.76 bits per heavy atom. The van der Waals surface area contributed by atoms with Gasteiger partial charge in [-0.25, -0.2) is 0 Å². The molecule has 1 fully saturated rings. The van der Waals surface area contributed by atoms with Gasteiger partial charge >= 0.3 is 0 Å². The van der Waals surface area contributed by atoms with Gasteiger partial charge in [-0.15, -0.1) is 0 Å². The third-order valence-corrected chi connectivity index (χ3v) is 3.99. The van der Waals surface area contributed by atoms with E-state index in [4.69, 9.17) is 5.73 Å². The predicted octanol–water partition coefficient (Wildman–Crippen LogP) is 3.90. The highest BCUT2D eigenvalue weighted by Gasteiger charge is 2.30. The summed E-state index contributed by atoms with van der Waals surface area (Å²) in [7, 11) is 0. The Labute approximate surface area is 112 Å². The molecule has 0 aliphatic heterocycles. The molecule has 0 radical (unpaired) electrons. The number of rotatable bonds is 3. The average Bonchev–Trinajstić information content (AvgIpc) is 2.57. The fourth-order valence-corrected chi connectivity index (χ4v) is 3.19. The monoisotopic (exact) mass is 296 g/mol. The van der Waals surface area contributed by atoms with Crippen LogP contribution in [0.15, 0.2) is 22.7 Å². The van der Waals surface area contributed by atoms with Gasteiger partial charge in [0.2, 0.25) is 0 Å². The Morgan fingerprint density at radius 1 is 1.41 bits per heavy atom. The van der Waals surface area contributed by atoms with Crippen LogP contribution in [0.25, 0.3) is 0 Å². The minimum Gasteiger partial charge on any atom is -0.382 e. The van der Waals surface area contributed by atoms with Gasteiger partial charge in [-0.2, -0.15) is 0 Å². The van der Waals surface area contributed by atoms with Crippen molar-refractivity contribution in [2.24, 2.45) is 11.1 Å². The van der Waals surface area contributed by atoms with Crippen LogP contribution in [0.5, 0.6) is 0 Å². The lowest BCUT2D eigenvalue weighted by Crippen LogP contribution is -2.17. The van der Waals surface area contributed by atoms with Crippen molar-refractivity contribution < 1.29 is 0 Å². The Morgan fingerprint density at radius 2 is 2.18 bits per heavy atom. The van der Waals surface area contributed by atoms with Crippen LogP contribution >= 0.6 is 15.9 Å². The maximum Gasteiger partial charge on any atom is 0.0356 e. The highest BCUT2D eigenvalue weighted by atomic mass is 79.9. The zero-order valence-corrected chi connectivity index (χ0v) is 12.2. The van der Waals surface area contributed by atoms with Gasteiger partial charge in [0, 0.05) is 22.7 Å². The third kappa shape index (κ3) is 3.46. The van der Waals surface area contributed by atoms with Crippen LogP contribution in [-0.4, -0.2) is 6.04 Å². The molecule has 1 aromatic rings. The molecular weight excluding hydrogens is 276 g/mol. The summed E-state index contributed by atoms with van der Waals surface area (Å²) in [5.74, 6) is 0. The number of nitrogens with one attached hydrogen (secondary N) is 1. The SMILES string of the molecule is CC1(C)CCC(Nc2cc(Br)cc(CN)c2)C1. The minimum atomic E-state index is 0.486. The fourth-order valence-electron chi connectivity index (χ4n) is 2.65. The van der Waals surface area contributed by atoms with E-state index < -0.39 is 0 Å². The van der Waals surface area contributed by atoms with Gasteiger partial charge in [-0.05, 0) is 48.4 Å². The maximum absolute atomic E-state index is 5.69. The molecule has 0 heterocycles. The van der Waals surface area contributed by atoms with Gasteiger partial charge in [-0.1, -0.05) is 29.8 Å². The molecule has 0 aromatic heterocycles. The fraction of sp³-hybridized carbons (Fsp3) is 0.571. The van der Waals surface area contributed by atoms with Crippen molar-refractivity contribution in [2.75, 3.05) is 5.32 Å². The summed E-state index contributed by atoms with van der Waals surface area (Å²) >= 11 is 3.53. The number of benzene rings is 1. The van der Waals surface area contributed by atoms with Crippen molar-refractivity contribution in [2.45, 2.75) is 45.7 Å². The van der Waals surface area contributed by atoms with Crippen LogP contribution in [0.2, 0.25) is 0 Å². The quantitative estimate of drug-likeness (QED) is 0.888. The van der Waals surface area contributed by atoms with Gasteiger partial charge in [0.15, 0.2) is 0 Å². The molecule has 1 aliphatic rings. The van der Waals surface area contributed by atoms with E-state index in [2.05, 4.69) is 53.3 Å². The van der Waals surface area contributed by atoms with Crippen molar-refractivity contribution in [1.82, 2.24) is 0 Å². The summed E-state index contributed by atoms with van der Waals surface area (Å²) < 4.78 is 1.10. The van der Waals surface area contributed by atoms with Gasteiger partial charge in [0.05, 0.1) is 0 Å². The van der Waals surface area contributed by atoms with Crippen LogP contribution in [-0.2, 0) is 6.54 Å². The molecule has 3 heteroatoms. The van der Waals surface area contributed by atoms with Gasteiger partial charge in [0.25, 0.3) is 0 Å². The first kappa shape index (κ1) is 12.9. The van der Waals surface area contributed by atoms with Crippen molar-refractivity contribution in [3.63, 3.8) is 0 Å². The first-order valence-corrected chi connectivity index (χ1v) is 7.04. The van der Waals surface area contributed by atoms with Gasteiger partial charge in [-0.3, -0.25) is 0 Å². The number of halogens is 1. The normalized spacial score (nSPS) is 22.7. The third-order valence-electron chi connectivity index (χ3n) is 3.53. The van der Waals surface area contributed by atoms with Crippen LogP contribution in [0.4, 0.5) is 5.69 Å². The summed E-state index contributed by atoms with van der Waals surface area (Å²) in [6, 6.07) is 6.95. The highest BCUT2D eigenvalue weighted by Crippen LogP contribution is 2.38. The molecule has 2 rings (SSSR count). The Hall–Kier alpha value is -0.540. The van der Waals surface area contributed by atoms with Crippen molar-refractivity contribution >= 4 is 21.6 Å². The molecule has 1 aliphatic carbocycles. The smallest absolute Gasteiger partial charge is 0.0356 e. The second-order valence-corrected chi connectivity index (χ2v) is 6.72. The number of anilines is 1. The molecule has 3 N–H and O–H groups in total. The number of nitrogens with two attached hydrogens (primary N) is 1. The summed E-state index contributed by atoms with van der Waals surface area (Å²) in [6.45, 7) is 5.28. The zero-order chi connectivity index (χ0) is 12.5. The lowest BCUT2D eigenvalue weighted by Gasteiger charge is -2.19. The average molecular weight is 297 g/mol. The van der Waals surface area contributed by atoms with E-state index in [0.29, 0.717) is 18.0 Å². The van der Waals surface area contributed by atoms with Gasteiger partial charge < -0.3 is 11.1 Å². The molecule has 1 aromatic carbocycles. The highest BCUT2D eigenvalue weighted by molar-refractivity contribution is 9.10. The summed E-state index contributed by atoms with van der Waals surface area (Å²) in [4.78, 5) is 0. The Bertz CT molecular complexity index is 401. The van der Waals surface area contributed by atoms with Crippen LogP contribution in [0.1, 0.15) is 38.7 Å². The maximum atomic E-state index is 5.69. The zero-order valence-electron chi connectivity index (χ0n) is 10.6. The second kappa shape index (κ2) is 4.99. The molecule has 1 saturated carbocycles. The van der Waals surface area contributed by atoms with Crippen LogP contribution < -0.4 is 11.1 Å². The number of hydrogen-bond donors (Lipinski definition) is 2. The van der Waals surface area contributed by atoms with E-state index >= 15 is 0 Å². The molecular formula is C14H21BrN2. The minimum absolute atomic E-state index is 0.486. The Kier molecular flexibility index (Phi) is 3.79. The molecule has 1 atom stereocenters. The van der Waals surface area contributed by atoms with Crippen molar-refractivity contribution in [3.05, 3.63) is 28.2 Å². The van der Waals surface area contributed by atoms with Crippen LogP contribution in [0, 0.1) is 5.41 Å². The molecule has 0 bridgehead atoms.